The number of aromatic nitrogens is 2. The summed E-state index contributed by atoms with van der Waals surface area (Å²) in [6, 6.07) is 0. The van der Waals surface area contributed by atoms with Crippen LogP contribution in [-0.4, -0.2) is 53.9 Å². The van der Waals surface area contributed by atoms with Gasteiger partial charge >= 0.3 is 5.97 Å². The number of rotatable bonds is 6. The van der Waals surface area contributed by atoms with E-state index in [0.29, 0.717) is 19.0 Å². The van der Waals surface area contributed by atoms with Crippen molar-refractivity contribution in [2.24, 2.45) is 0 Å². The molecule has 1 fully saturated rings. The number of esters is 1. The molecule has 0 spiro atoms. The molecule has 0 N–H and O–H groups in total. The van der Waals surface area contributed by atoms with Crippen LogP contribution in [-0.2, 0) is 20.7 Å². The topological polar surface area (TPSA) is 77.7 Å². The van der Waals surface area contributed by atoms with E-state index in [2.05, 4.69) is 22.0 Å². The van der Waals surface area contributed by atoms with Crippen molar-refractivity contribution < 1.29 is 18.8 Å². The third-order valence-electron chi connectivity index (χ3n) is 3.06. The van der Waals surface area contributed by atoms with Crippen LogP contribution in [0.2, 0.25) is 0 Å². The van der Waals surface area contributed by atoms with Crippen LogP contribution < -0.4 is 0 Å². The highest BCUT2D eigenvalue weighted by Crippen LogP contribution is 2.20. The first-order valence-corrected chi connectivity index (χ1v) is 7.05. The molecule has 1 aliphatic rings. The third-order valence-corrected chi connectivity index (χ3v) is 3.06. The fraction of sp³-hybridized carbons (Fsp3) is 0.769. The summed E-state index contributed by atoms with van der Waals surface area (Å²) in [4.78, 5) is 17.9. The number of nitrogens with zero attached hydrogens (tertiary/aromatic N) is 3. The Morgan fingerprint density at radius 3 is 3.10 bits per heavy atom. The number of morpholine rings is 1. The van der Waals surface area contributed by atoms with Crippen molar-refractivity contribution in [3.05, 3.63) is 11.7 Å². The van der Waals surface area contributed by atoms with Gasteiger partial charge in [0.15, 0.2) is 0 Å². The highest BCUT2D eigenvalue weighted by molar-refractivity contribution is 5.71. The van der Waals surface area contributed by atoms with Gasteiger partial charge in [-0.1, -0.05) is 12.1 Å². The summed E-state index contributed by atoms with van der Waals surface area (Å²) in [5.74, 6) is 0.416. The first-order chi connectivity index (χ1) is 9.72. The van der Waals surface area contributed by atoms with E-state index in [4.69, 9.17) is 14.0 Å². The van der Waals surface area contributed by atoms with E-state index in [1.165, 1.54) is 0 Å². The first-order valence-electron chi connectivity index (χ1n) is 7.05. The Morgan fingerprint density at radius 1 is 1.50 bits per heavy atom. The van der Waals surface area contributed by atoms with Crippen molar-refractivity contribution in [3.63, 3.8) is 0 Å². The van der Waals surface area contributed by atoms with Crippen molar-refractivity contribution in [2.45, 2.75) is 32.8 Å². The second kappa shape index (κ2) is 7.35. The van der Waals surface area contributed by atoms with Crippen LogP contribution in [0.4, 0.5) is 0 Å². The Morgan fingerprint density at radius 2 is 2.35 bits per heavy atom. The zero-order valence-electron chi connectivity index (χ0n) is 12.0. The van der Waals surface area contributed by atoms with Gasteiger partial charge in [0.1, 0.15) is 12.5 Å². The van der Waals surface area contributed by atoms with Crippen molar-refractivity contribution >= 4 is 5.97 Å². The summed E-state index contributed by atoms with van der Waals surface area (Å²) >= 11 is 0. The lowest BCUT2D eigenvalue weighted by Crippen LogP contribution is -2.39. The molecule has 112 valence electrons. The monoisotopic (exact) mass is 283 g/mol. The average molecular weight is 283 g/mol. The molecule has 1 unspecified atom stereocenters. The van der Waals surface area contributed by atoms with Crippen LogP contribution in [0.5, 0.6) is 0 Å². The van der Waals surface area contributed by atoms with Gasteiger partial charge in [-0.05, 0) is 19.9 Å². The molecule has 20 heavy (non-hydrogen) atoms. The normalized spacial score (nSPS) is 20.0. The number of carbonyl (C=O) groups excluding carboxylic acids is 1. The van der Waals surface area contributed by atoms with E-state index in [0.717, 1.165) is 26.1 Å². The van der Waals surface area contributed by atoms with Crippen molar-refractivity contribution in [3.8, 4) is 0 Å². The second-order valence-electron chi connectivity index (χ2n) is 4.69. The minimum atomic E-state index is -0.361. The number of ether oxygens (including phenoxy) is 2. The molecule has 0 bridgehead atoms. The van der Waals surface area contributed by atoms with E-state index in [1.807, 2.05) is 0 Å². The molecule has 1 aromatic heterocycles. The molecule has 1 aliphatic heterocycles. The summed E-state index contributed by atoms with van der Waals surface area (Å²) in [6.45, 7) is 7.63. The van der Waals surface area contributed by atoms with E-state index in [1.54, 1.807) is 6.92 Å². The Balaban J connectivity index is 1.92. The standard InChI is InChI=1S/C13H21N3O4/c1-3-5-16-6-7-19-10(9-16)13-14-11(20-15-13)8-12(17)18-4-2/h10H,3-9H2,1-2H3. The molecule has 2 rings (SSSR count). The van der Waals surface area contributed by atoms with Crippen LogP contribution in [0.1, 0.15) is 38.1 Å². The molecule has 0 saturated carbocycles. The molecule has 7 heteroatoms. The highest BCUT2D eigenvalue weighted by atomic mass is 16.5. The van der Waals surface area contributed by atoms with Crippen LogP contribution in [0.3, 0.4) is 0 Å². The third kappa shape index (κ3) is 4.01. The maximum atomic E-state index is 11.3. The lowest BCUT2D eigenvalue weighted by atomic mass is 10.2. The zero-order valence-corrected chi connectivity index (χ0v) is 12.0. The molecule has 2 heterocycles. The lowest BCUT2D eigenvalue weighted by molar-refractivity contribution is -0.142. The molecule has 0 radical (unpaired) electrons. The Labute approximate surface area is 118 Å². The fourth-order valence-corrected chi connectivity index (χ4v) is 2.18. The van der Waals surface area contributed by atoms with Crippen molar-refractivity contribution in [1.29, 1.82) is 0 Å². The van der Waals surface area contributed by atoms with Crippen LogP contribution in [0.15, 0.2) is 4.52 Å². The molecule has 1 saturated heterocycles. The van der Waals surface area contributed by atoms with Gasteiger partial charge in [-0.25, -0.2) is 0 Å². The summed E-state index contributed by atoms with van der Waals surface area (Å²) in [5, 5.41) is 3.90. The van der Waals surface area contributed by atoms with Crippen LogP contribution in [0.25, 0.3) is 0 Å². The predicted molar refractivity (Wildman–Crippen MR) is 70.1 cm³/mol. The van der Waals surface area contributed by atoms with E-state index < -0.39 is 0 Å². The SMILES string of the molecule is CCCN1CCOC(c2noc(CC(=O)OCC)n2)C1. The van der Waals surface area contributed by atoms with E-state index >= 15 is 0 Å². The minimum absolute atomic E-state index is 0.00618. The molecular formula is C13H21N3O4. The summed E-state index contributed by atoms with van der Waals surface area (Å²) in [5.41, 5.74) is 0. The van der Waals surface area contributed by atoms with Gasteiger partial charge in [-0.15, -0.1) is 0 Å². The average Bonchev–Trinajstić information content (AvgIpc) is 2.88. The number of hydrogen-bond donors (Lipinski definition) is 0. The van der Waals surface area contributed by atoms with Gasteiger partial charge in [0.25, 0.3) is 0 Å². The first kappa shape index (κ1) is 14.9. The quantitative estimate of drug-likeness (QED) is 0.719. The lowest BCUT2D eigenvalue weighted by Gasteiger charge is -2.30. The summed E-state index contributed by atoms with van der Waals surface area (Å²) < 4.78 is 15.6. The summed E-state index contributed by atoms with van der Waals surface area (Å²) in [6.07, 6.45) is 0.925. The molecule has 1 atom stereocenters. The van der Waals surface area contributed by atoms with E-state index in [9.17, 15) is 4.79 Å². The molecular weight excluding hydrogens is 262 g/mol. The van der Waals surface area contributed by atoms with Gasteiger partial charge in [0, 0.05) is 13.1 Å². The molecule has 0 aliphatic carbocycles. The predicted octanol–water partition coefficient (Wildman–Crippen LogP) is 0.958. The second-order valence-corrected chi connectivity index (χ2v) is 4.69. The maximum absolute atomic E-state index is 11.3. The number of hydrogen-bond acceptors (Lipinski definition) is 7. The van der Waals surface area contributed by atoms with Gasteiger partial charge in [-0.3, -0.25) is 9.69 Å². The summed E-state index contributed by atoms with van der Waals surface area (Å²) in [7, 11) is 0. The van der Waals surface area contributed by atoms with E-state index in [-0.39, 0.29) is 24.4 Å². The molecule has 1 aromatic rings. The van der Waals surface area contributed by atoms with Gasteiger partial charge < -0.3 is 14.0 Å². The zero-order chi connectivity index (χ0) is 14.4. The Bertz CT molecular complexity index is 433. The largest absolute Gasteiger partial charge is 0.466 e. The molecule has 7 nitrogen and oxygen atoms in total. The smallest absolute Gasteiger partial charge is 0.315 e. The van der Waals surface area contributed by atoms with Gasteiger partial charge in [-0.2, -0.15) is 4.98 Å². The molecule has 0 aromatic carbocycles. The van der Waals surface area contributed by atoms with Crippen LogP contribution in [0, 0.1) is 0 Å². The Kier molecular flexibility index (Phi) is 5.49. The highest BCUT2D eigenvalue weighted by Gasteiger charge is 2.26. The minimum Gasteiger partial charge on any atom is -0.466 e. The Hall–Kier alpha value is -1.47. The maximum Gasteiger partial charge on any atom is 0.315 e. The van der Waals surface area contributed by atoms with Crippen molar-refractivity contribution in [1.82, 2.24) is 15.0 Å². The van der Waals surface area contributed by atoms with Gasteiger partial charge in [0.05, 0.1) is 13.2 Å². The number of carbonyl (C=O) groups is 1. The fourth-order valence-electron chi connectivity index (χ4n) is 2.18. The van der Waals surface area contributed by atoms with Gasteiger partial charge in [0.2, 0.25) is 11.7 Å². The molecule has 0 amide bonds. The van der Waals surface area contributed by atoms with Crippen LogP contribution >= 0.6 is 0 Å². The van der Waals surface area contributed by atoms with Crippen molar-refractivity contribution in [2.75, 3.05) is 32.8 Å².